The number of aromatic nitrogens is 1. The van der Waals surface area contributed by atoms with E-state index in [-0.39, 0.29) is 11.5 Å². The number of halogens is 1. The lowest BCUT2D eigenvalue weighted by Gasteiger charge is -2.37. The van der Waals surface area contributed by atoms with Gasteiger partial charge in [-0.2, -0.15) is 0 Å². The standard InChI is InChI=1S/C14H17ClN2O/c1-14(2)7-4-8-16-12(14)13-17-10-6-3-5-9(15)11(10)18-13/h3,5-6,12,16H,4,7-8H2,1-2H3. The Bertz CT molecular complexity index is 576. The number of rotatable bonds is 1. The van der Waals surface area contributed by atoms with E-state index in [1.165, 1.54) is 12.8 Å². The Balaban J connectivity index is 2.06. The monoisotopic (exact) mass is 264 g/mol. The number of nitrogens with one attached hydrogen (secondary N) is 1. The van der Waals surface area contributed by atoms with Gasteiger partial charge in [-0.15, -0.1) is 0 Å². The topological polar surface area (TPSA) is 38.1 Å². The predicted molar refractivity (Wildman–Crippen MR) is 72.8 cm³/mol. The minimum Gasteiger partial charge on any atom is -0.437 e. The van der Waals surface area contributed by atoms with Crippen molar-refractivity contribution in [2.24, 2.45) is 5.41 Å². The molecule has 1 aromatic heterocycles. The van der Waals surface area contributed by atoms with E-state index in [9.17, 15) is 0 Å². The SMILES string of the molecule is CC1(C)CCCNC1c1nc2cccc(Cl)c2o1. The van der Waals surface area contributed by atoms with Crippen molar-refractivity contribution in [3.63, 3.8) is 0 Å². The fourth-order valence-electron chi connectivity index (χ4n) is 2.69. The molecule has 3 nitrogen and oxygen atoms in total. The van der Waals surface area contributed by atoms with Crippen LogP contribution in [0.3, 0.4) is 0 Å². The molecule has 1 N–H and O–H groups in total. The molecule has 0 aliphatic carbocycles. The molecule has 2 aromatic rings. The molecule has 1 fully saturated rings. The quantitative estimate of drug-likeness (QED) is 0.848. The van der Waals surface area contributed by atoms with Gasteiger partial charge in [0.15, 0.2) is 5.58 Å². The lowest BCUT2D eigenvalue weighted by atomic mass is 9.77. The maximum absolute atomic E-state index is 6.13. The van der Waals surface area contributed by atoms with Gasteiger partial charge in [0.25, 0.3) is 0 Å². The molecule has 0 amide bonds. The normalized spacial score (nSPS) is 23.4. The molecule has 1 unspecified atom stereocenters. The van der Waals surface area contributed by atoms with Crippen LogP contribution in [0.1, 0.15) is 38.6 Å². The summed E-state index contributed by atoms with van der Waals surface area (Å²) in [6.07, 6.45) is 2.38. The van der Waals surface area contributed by atoms with Gasteiger partial charge in [-0.1, -0.05) is 31.5 Å². The summed E-state index contributed by atoms with van der Waals surface area (Å²) in [5, 5.41) is 4.13. The molecule has 18 heavy (non-hydrogen) atoms. The average molecular weight is 265 g/mol. The third-order valence-corrected chi connectivity index (χ3v) is 4.06. The van der Waals surface area contributed by atoms with Gasteiger partial charge in [0.2, 0.25) is 5.89 Å². The van der Waals surface area contributed by atoms with Gasteiger partial charge in [0.1, 0.15) is 5.52 Å². The summed E-state index contributed by atoms with van der Waals surface area (Å²) in [5.74, 6) is 0.753. The van der Waals surface area contributed by atoms with Crippen molar-refractivity contribution >= 4 is 22.7 Å². The minimum atomic E-state index is 0.158. The number of hydrogen-bond donors (Lipinski definition) is 1. The van der Waals surface area contributed by atoms with E-state index in [4.69, 9.17) is 16.0 Å². The summed E-state index contributed by atoms with van der Waals surface area (Å²) < 4.78 is 5.87. The molecule has 96 valence electrons. The zero-order valence-electron chi connectivity index (χ0n) is 10.7. The highest BCUT2D eigenvalue weighted by Gasteiger charge is 2.36. The van der Waals surface area contributed by atoms with Crippen LogP contribution in [-0.4, -0.2) is 11.5 Å². The first kappa shape index (κ1) is 12.0. The second-order valence-corrected chi connectivity index (χ2v) is 6.03. The van der Waals surface area contributed by atoms with E-state index in [0.29, 0.717) is 10.6 Å². The van der Waals surface area contributed by atoms with E-state index in [1.54, 1.807) is 0 Å². The van der Waals surface area contributed by atoms with Crippen LogP contribution >= 0.6 is 11.6 Å². The highest BCUT2D eigenvalue weighted by atomic mass is 35.5. The molecular formula is C14H17ClN2O. The van der Waals surface area contributed by atoms with Crippen LogP contribution in [0.15, 0.2) is 22.6 Å². The Hall–Kier alpha value is -1.06. The van der Waals surface area contributed by atoms with E-state index in [1.807, 2.05) is 18.2 Å². The fourth-order valence-corrected chi connectivity index (χ4v) is 2.90. The lowest BCUT2D eigenvalue weighted by molar-refractivity contribution is 0.157. The third-order valence-electron chi connectivity index (χ3n) is 3.76. The van der Waals surface area contributed by atoms with E-state index in [0.717, 1.165) is 18.0 Å². The van der Waals surface area contributed by atoms with Gasteiger partial charge in [0, 0.05) is 0 Å². The Kier molecular flexibility index (Phi) is 2.83. The highest BCUT2D eigenvalue weighted by molar-refractivity contribution is 6.34. The summed E-state index contributed by atoms with van der Waals surface area (Å²) in [5.41, 5.74) is 1.68. The van der Waals surface area contributed by atoms with Crippen molar-refractivity contribution in [2.45, 2.75) is 32.7 Å². The number of oxazole rings is 1. The van der Waals surface area contributed by atoms with Gasteiger partial charge in [-0.05, 0) is 36.9 Å². The third kappa shape index (κ3) is 1.91. The molecule has 4 heteroatoms. The van der Waals surface area contributed by atoms with Crippen molar-refractivity contribution in [1.29, 1.82) is 0 Å². The molecule has 1 atom stereocenters. The van der Waals surface area contributed by atoms with Crippen molar-refractivity contribution < 1.29 is 4.42 Å². The summed E-state index contributed by atoms with van der Waals surface area (Å²) in [4.78, 5) is 4.58. The zero-order valence-corrected chi connectivity index (χ0v) is 11.4. The second kappa shape index (κ2) is 4.25. The highest BCUT2D eigenvalue weighted by Crippen LogP contribution is 2.40. The van der Waals surface area contributed by atoms with Crippen LogP contribution in [0.5, 0.6) is 0 Å². The molecule has 1 saturated heterocycles. The fraction of sp³-hybridized carbons (Fsp3) is 0.500. The van der Waals surface area contributed by atoms with Crippen LogP contribution in [0.2, 0.25) is 5.02 Å². The lowest BCUT2D eigenvalue weighted by Crippen LogP contribution is -2.39. The number of nitrogens with zero attached hydrogens (tertiary/aromatic N) is 1. The van der Waals surface area contributed by atoms with Gasteiger partial charge in [-0.25, -0.2) is 4.98 Å². The maximum atomic E-state index is 6.13. The van der Waals surface area contributed by atoms with Crippen LogP contribution in [0, 0.1) is 5.41 Å². The number of fused-ring (bicyclic) bond motifs is 1. The van der Waals surface area contributed by atoms with Crippen molar-refractivity contribution in [3.05, 3.63) is 29.1 Å². The van der Waals surface area contributed by atoms with Gasteiger partial charge in [0.05, 0.1) is 11.1 Å². The average Bonchev–Trinajstić information content (AvgIpc) is 2.73. The Labute approximate surface area is 112 Å². The number of benzene rings is 1. The molecule has 0 spiro atoms. The first-order valence-electron chi connectivity index (χ1n) is 6.36. The molecule has 0 bridgehead atoms. The minimum absolute atomic E-state index is 0.158. The number of para-hydroxylation sites is 1. The maximum Gasteiger partial charge on any atom is 0.213 e. The number of hydrogen-bond acceptors (Lipinski definition) is 3. The van der Waals surface area contributed by atoms with Crippen molar-refractivity contribution in [1.82, 2.24) is 10.3 Å². The molecule has 0 radical (unpaired) electrons. The summed E-state index contributed by atoms with van der Waals surface area (Å²) in [6, 6.07) is 5.83. The van der Waals surface area contributed by atoms with Crippen LogP contribution in [0.25, 0.3) is 11.1 Å². The second-order valence-electron chi connectivity index (χ2n) is 5.62. The molecule has 0 saturated carbocycles. The van der Waals surface area contributed by atoms with Crippen molar-refractivity contribution in [3.8, 4) is 0 Å². The first-order valence-corrected chi connectivity index (χ1v) is 6.74. The summed E-state index contributed by atoms with van der Waals surface area (Å²) in [7, 11) is 0. The molecular weight excluding hydrogens is 248 g/mol. The van der Waals surface area contributed by atoms with Gasteiger partial charge in [-0.3, -0.25) is 0 Å². The zero-order chi connectivity index (χ0) is 12.8. The summed E-state index contributed by atoms with van der Waals surface area (Å²) >= 11 is 6.13. The van der Waals surface area contributed by atoms with Crippen LogP contribution in [0.4, 0.5) is 0 Å². The van der Waals surface area contributed by atoms with Crippen LogP contribution in [-0.2, 0) is 0 Å². The molecule has 2 heterocycles. The van der Waals surface area contributed by atoms with E-state index >= 15 is 0 Å². The largest absolute Gasteiger partial charge is 0.437 e. The predicted octanol–water partition coefficient (Wildman–Crippen LogP) is 3.93. The molecule has 1 aliphatic rings. The first-order chi connectivity index (χ1) is 8.58. The molecule has 3 rings (SSSR count). The van der Waals surface area contributed by atoms with E-state index in [2.05, 4.69) is 24.1 Å². The number of piperidine rings is 1. The summed E-state index contributed by atoms with van der Waals surface area (Å²) in [6.45, 7) is 5.52. The van der Waals surface area contributed by atoms with Gasteiger partial charge < -0.3 is 9.73 Å². The Morgan fingerprint density at radius 2 is 2.28 bits per heavy atom. The van der Waals surface area contributed by atoms with Crippen LogP contribution < -0.4 is 5.32 Å². The Morgan fingerprint density at radius 1 is 1.44 bits per heavy atom. The van der Waals surface area contributed by atoms with Crippen molar-refractivity contribution in [2.75, 3.05) is 6.54 Å². The molecule has 1 aromatic carbocycles. The smallest absolute Gasteiger partial charge is 0.213 e. The van der Waals surface area contributed by atoms with E-state index < -0.39 is 0 Å². The van der Waals surface area contributed by atoms with Gasteiger partial charge >= 0.3 is 0 Å². The Morgan fingerprint density at radius 3 is 3.00 bits per heavy atom. The molecule has 1 aliphatic heterocycles.